The van der Waals surface area contributed by atoms with E-state index in [2.05, 4.69) is 5.32 Å². The summed E-state index contributed by atoms with van der Waals surface area (Å²) < 4.78 is 0. The van der Waals surface area contributed by atoms with Gasteiger partial charge in [-0.25, -0.2) is 0 Å². The van der Waals surface area contributed by atoms with Crippen molar-refractivity contribution in [3.8, 4) is 0 Å². The van der Waals surface area contributed by atoms with E-state index in [4.69, 9.17) is 23.2 Å². The number of carbonyl (C=O) groups is 1. The normalized spacial score (nSPS) is 16.1. The molecule has 0 spiro atoms. The SMILES string of the molecule is O=C(C[NH+]1CCCC1)Nc1cccc(Cl)c1Cl. The van der Waals surface area contributed by atoms with Gasteiger partial charge in [0.05, 0.1) is 28.8 Å². The van der Waals surface area contributed by atoms with Crippen LogP contribution in [0.15, 0.2) is 18.2 Å². The molecule has 0 aliphatic carbocycles. The van der Waals surface area contributed by atoms with E-state index in [1.165, 1.54) is 17.7 Å². The summed E-state index contributed by atoms with van der Waals surface area (Å²) in [6, 6.07) is 5.23. The first-order valence-corrected chi connectivity index (χ1v) is 6.50. The van der Waals surface area contributed by atoms with Crippen LogP contribution in [0.25, 0.3) is 0 Å². The summed E-state index contributed by atoms with van der Waals surface area (Å²) in [5.74, 6) is -0.00827. The summed E-state index contributed by atoms with van der Waals surface area (Å²) >= 11 is 11.9. The topological polar surface area (TPSA) is 33.5 Å². The van der Waals surface area contributed by atoms with Crippen molar-refractivity contribution in [1.82, 2.24) is 0 Å². The van der Waals surface area contributed by atoms with E-state index in [0.717, 1.165) is 13.1 Å². The van der Waals surface area contributed by atoms with Gasteiger partial charge in [-0.3, -0.25) is 4.79 Å². The molecule has 0 unspecified atom stereocenters. The van der Waals surface area contributed by atoms with Crippen molar-refractivity contribution in [1.29, 1.82) is 0 Å². The molecule has 3 nitrogen and oxygen atoms in total. The minimum atomic E-state index is -0.00827. The molecule has 2 N–H and O–H groups in total. The molecule has 1 fully saturated rings. The second-order valence-corrected chi connectivity index (χ2v) is 5.07. The molecule has 0 radical (unpaired) electrons. The molecule has 1 aromatic rings. The summed E-state index contributed by atoms with van der Waals surface area (Å²) in [6.45, 7) is 2.66. The average molecular weight is 274 g/mol. The number of nitrogens with one attached hydrogen (secondary N) is 2. The standard InChI is InChI=1S/C12H14Cl2N2O/c13-9-4-3-5-10(12(9)14)15-11(17)8-16-6-1-2-7-16/h3-5H,1-2,6-8H2,(H,15,17)/p+1. The van der Waals surface area contributed by atoms with Crippen LogP contribution >= 0.6 is 23.2 Å². The Kier molecular flexibility index (Phi) is 4.26. The van der Waals surface area contributed by atoms with Crippen LogP contribution in [0.1, 0.15) is 12.8 Å². The fourth-order valence-corrected chi connectivity index (χ4v) is 2.42. The lowest BCUT2D eigenvalue weighted by atomic mass is 10.3. The summed E-state index contributed by atoms with van der Waals surface area (Å²) in [5, 5.41) is 3.66. The molecule has 5 heteroatoms. The number of rotatable bonds is 3. The van der Waals surface area contributed by atoms with E-state index in [0.29, 0.717) is 22.3 Å². The molecular formula is C12H15Cl2N2O+. The third-order valence-corrected chi connectivity index (χ3v) is 3.77. The van der Waals surface area contributed by atoms with Crippen LogP contribution in [0.2, 0.25) is 10.0 Å². The Morgan fingerprint density at radius 3 is 2.71 bits per heavy atom. The number of hydrogen-bond donors (Lipinski definition) is 2. The van der Waals surface area contributed by atoms with Gasteiger partial charge in [-0.05, 0) is 12.1 Å². The maximum atomic E-state index is 11.8. The van der Waals surface area contributed by atoms with Crippen LogP contribution in [0, 0.1) is 0 Å². The summed E-state index contributed by atoms with van der Waals surface area (Å²) in [6.07, 6.45) is 2.42. The molecule has 1 aliphatic rings. The highest BCUT2D eigenvalue weighted by Gasteiger charge is 2.19. The minimum Gasteiger partial charge on any atom is -0.327 e. The van der Waals surface area contributed by atoms with E-state index in [-0.39, 0.29) is 5.91 Å². The van der Waals surface area contributed by atoms with Crippen LogP contribution in [0.4, 0.5) is 5.69 Å². The van der Waals surface area contributed by atoms with Crippen molar-refractivity contribution < 1.29 is 9.69 Å². The first-order chi connectivity index (χ1) is 8.16. The zero-order valence-electron chi connectivity index (χ0n) is 9.43. The van der Waals surface area contributed by atoms with E-state index < -0.39 is 0 Å². The number of hydrogen-bond acceptors (Lipinski definition) is 1. The van der Waals surface area contributed by atoms with Crippen LogP contribution < -0.4 is 10.2 Å². The van der Waals surface area contributed by atoms with Gasteiger partial charge in [0, 0.05) is 12.8 Å². The average Bonchev–Trinajstić information content (AvgIpc) is 2.77. The Balaban J connectivity index is 1.95. The van der Waals surface area contributed by atoms with Gasteiger partial charge in [0.2, 0.25) is 0 Å². The maximum Gasteiger partial charge on any atom is 0.279 e. The number of benzene rings is 1. The molecule has 1 saturated heterocycles. The Bertz CT molecular complexity index is 417. The number of quaternary nitrogens is 1. The molecular weight excluding hydrogens is 259 g/mol. The lowest BCUT2D eigenvalue weighted by molar-refractivity contribution is -0.878. The Morgan fingerprint density at radius 1 is 1.29 bits per heavy atom. The van der Waals surface area contributed by atoms with Gasteiger partial charge in [-0.1, -0.05) is 29.3 Å². The molecule has 2 rings (SSSR count). The molecule has 1 amide bonds. The van der Waals surface area contributed by atoms with Crippen LogP contribution in [0.5, 0.6) is 0 Å². The molecule has 1 heterocycles. The van der Waals surface area contributed by atoms with Crippen molar-refractivity contribution in [3.63, 3.8) is 0 Å². The van der Waals surface area contributed by atoms with Crippen molar-refractivity contribution in [2.75, 3.05) is 25.0 Å². The molecule has 92 valence electrons. The lowest BCUT2D eigenvalue weighted by Crippen LogP contribution is -3.11. The number of amides is 1. The molecule has 1 aromatic carbocycles. The van der Waals surface area contributed by atoms with Gasteiger partial charge in [0.15, 0.2) is 6.54 Å². The monoisotopic (exact) mass is 273 g/mol. The zero-order chi connectivity index (χ0) is 12.3. The van der Waals surface area contributed by atoms with Crippen molar-refractivity contribution >= 4 is 34.8 Å². The molecule has 17 heavy (non-hydrogen) atoms. The Labute approximate surface area is 111 Å². The number of likely N-dealkylation sites (tertiary alicyclic amines) is 1. The van der Waals surface area contributed by atoms with Crippen LogP contribution in [-0.2, 0) is 4.79 Å². The number of anilines is 1. The van der Waals surface area contributed by atoms with Gasteiger partial charge in [0.25, 0.3) is 5.91 Å². The molecule has 0 aromatic heterocycles. The quantitative estimate of drug-likeness (QED) is 0.862. The summed E-state index contributed by atoms with van der Waals surface area (Å²) in [5.41, 5.74) is 0.586. The molecule has 0 atom stereocenters. The van der Waals surface area contributed by atoms with Crippen LogP contribution in [-0.4, -0.2) is 25.5 Å². The number of halogens is 2. The highest BCUT2D eigenvalue weighted by Crippen LogP contribution is 2.29. The van der Waals surface area contributed by atoms with E-state index in [9.17, 15) is 4.79 Å². The first kappa shape index (κ1) is 12.7. The fraction of sp³-hybridized carbons (Fsp3) is 0.417. The predicted molar refractivity (Wildman–Crippen MR) is 69.9 cm³/mol. The predicted octanol–water partition coefficient (Wildman–Crippen LogP) is 1.61. The third kappa shape index (κ3) is 3.35. The molecule has 1 aliphatic heterocycles. The first-order valence-electron chi connectivity index (χ1n) is 5.74. The lowest BCUT2D eigenvalue weighted by Gasteiger charge is -2.12. The maximum absolute atomic E-state index is 11.8. The van der Waals surface area contributed by atoms with Gasteiger partial charge >= 0.3 is 0 Å². The molecule has 0 saturated carbocycles. The smallest absolute Gasteiger partial charge is 0.279 e. The van der Waals surface area contributed by atoms with Crippen molar-refractivity contribution in [3.05, 3.63) is 28.2 Å². The van der Waals surface area contributed by atoms with Gasteiger partial charge < -0.3 is 10.2 Å². The third-order valence-electron chi connectivity index (χ3n) is 2.95. The van der Waals surface area contributed by atoms with Gasteiger partial charge in [-0.2, -0.15) is 0 Å². The minimum absolute atomic E-state index is 0.00827. The Morgan fingerprint density at radius 2 is 2.00 bits per heavy atom. The largest absolute Gasteiger partial charge is 0.327 e. The number of carbonyl (C=O) groups excluding carboxylic acids is 1. The summed E-state index contributed by atoms with van der Waals surface area (Å²) in [4.78, 5) is 13.1. The second kappa shape index (κ2) is 5.71. The van der Waals surface area contributed by atoms with Crippen molar-refractivity contribution in [2.45, 2.75) is 12.8 Å². The van der Waals surface area contributed by atoms with E-state index in [1.54, 1.807) is 18.2 Å². The Hall–Kier alpha value is -0.770. The highest BCUT2D eigenvalue weighted by molar-refractivity contribution is 6.43. The molecule has 0 bridgehead atoms. The summed E-state index contributed by atoms with van der Waals surface area (Å²) in [7, 11) is 0. The van der Waals surface area contributed by atoms with Crippen LogP contribution in [0.3, 0.4) is 0 Å². The van der Waals surface area contributed by atoms with E-state index >= 15 is 0 Å². The van der Waals surface area contributed by atoms with Crippen molar-refractivity contribution in [2.24, 2.45) is 0 Å². The second-order valence-electron chi connectivity index (χ2n) is 4.28. The van der Waals surface area contributed by atoms with Gasteiger partial charge in [-0.15, -0.1) is 0 Å². The highest BCUT2D eigenvalue weighted by atomic mass is 35.5. The van der Waals surface area contributed by atoms with Gasteiger partial charge in [0.1, 0.15) is 0 Å². The zero-order valence-corrected chi connectivity index (χ0v) is 10.9. The van der Waals surface area contributed by atoms with E-state index in [1.807, 2.05) is 0 Å². The fourth-order valence-electron chi connectivity index (χ4n) is 2.07.